The molecule has 7 aromatic carbocycles. The number of fused-ring (bicyclic) bond motifs is 1. The van der Waals surface area contributed by atoms with Gasteiger partial charge in [0.15, 0.2) is 0 Å². The summed E-state index contributed by atoms with van der Waals surface area (Å²) in [5.41, 5.74) is 9.99. The van der Waals surface area contributed by atoms with E-state index >= 15 is 0 Å². The van der Waals surface area contributed by atoms with Crippen LogP contribution in [0.25, 0.3) is 0 Å². The summed E-state index contributed by atoms with van der Waals surface area (Å²) in [6.45, 7) is 4.56. The molecular weight excluding hydrogens is 632 g/mol. The predicted molar refractivity (Wildman–Crippen MR) is 212 cm³/mol. The Kier molecular flexibility index (Phi) is 8.23. The standard InChI is InChI=1S/C45H37ClN4/c1-45(2)49(37-25-14-6-15-26-37)40-32-31-39(33-43(40)50(45)38-27-16-7-17-28-38)48(36-23-12-5-13-24-36)42-30-18-29-41(44(42)46)47(34-19-8-3-9-20-34)35-21-10-4-11-22-35/h3-33H,1-2H3. The first kappa shape index (κ1) is 31.3. The number of rotatable bonds is 8. The maximum Gasteiger partial charge on any atom is 0.116 e. The lowest BCUT2D eigenvalue weighted by atomic mass is 10.1. The molecule has 0 N–H and O–H groups in total. The summed E-state index contributed by atoms with van der Waals surface area (Å²) in [5, 5.41) is 0.649. The highest BCUT2D eigenvalue weighted by Crippen LogP contribution is 2.55. The van der Waals surface area contributed by atoms with Crippen molar-refractivity contribution in [3.63, 3.8) is 0 Å². The molecule has 4 nitrogen and oxygen atoms in total. The maximum absolute atomic E-state index is 7.59. The van der Waals surface area contributed by atoms with Crippen LogP contribution in [-0.4, -0.2) is 5.66 Å². The van der Waals surface area contributed by atoms with E-state index in [-0.39, 0.29) is 0 Å². The van der Waals surface area contributed by atoms with Gasteiger partial charge in [-0.15, -0.1) is 0 Å². The van der Waals surface area contributed by atoms with E-state index in [1.165, 1.54) is 0 Å². The minimum atomic E-state index is -0.398. The highest BCUT2D eigenvalue weighted by Gasteiger charge is 2.44. The van der Waals surface area contributed by atoms with Crippen LogP contribution in [0.15, 0.2) is 188 Å². The van der Waals surface area contributed by atoms with Crippen molar-refractivity contribution in [3.05, 3.63) is 193 Å². The van der Waals surface area contributed by atoms with E-state index in [0.717, 1.165) is 56.9 Å². The van der Waals surface area contributed by atoms with Crippen LogP contribution in [0, 0.1) is 0 Å². The van der Waals surface area contributed by atoms with Crippen molar-refractivity contribution in [2.45, 2.75) is 19.5 Å². The van der Waals surface area contributed by atoms with E-state index < -0.39 is 5.66 Å². The first-order valence-corrected chi connectivity index (χ1v) is 17.3. The maximum atomic E-state index is 7.59. The number of benzene rings is 7. The summed E-state index contributed by atoms with van der Waals surface area (Å²) in [6, 6.07) is 65.6. The van der Waals surface area contributed by atoms with Gasteiger partial charge in [0, 0.05) is 34.1 Å². The molecule has 244 valence electrons. The molecule has 0 spiro atoms. The molecular formula is C45H37ClN4. The summed E-state index contributed by atoms with van der Waals surface area (Å²) in [5.74, 6) is 0. The average molecular weight is 669 g/mol. The van der Waals surface area contributed by atoms with E-state index in [1.54, 1.807) is 0 Å². The first-order chi connectivity index (χ1) is 24.5. The molecule has 0 aromatic heterocycles. The lowest BCUT2D eigenvalue weighted by Crippen LogP contribution is -2.48. The Morgan fingerprint density at radius 1 is 0.400 bits per heavy atom. The van der Waals surface area contributed by atoms with Gasteiger partial charge in [0.2, 0.25) is 0 Å². The number of hydrogen-bond donors (Lipinski definition) is 0. The fourth-order valence-electron chi connectivity index (χ4n) is 7.21. The highest BCUT2D eigenvalue weighted by molar-refractivity contribution is 6.36. The summed E-state index contributed by atoms with van der Waals surface area (Å²) in [4.78, 5) is 9.35. The van der Waals surface area contributed by atoms with Crippen LogP contribution in [0.1, 0.15) is 13.8 Å². The smallest absolute Gasteiger partial charge is 0.116 e. The predicted octanol–water partition coefficient (Wildman–Crippen LogP) is 13.3. The van der Waals surface area contributed by atoms with Gasteiger partial charge in [0.1, 0.15) is 5.66 Å². The summed E-state index contributed by atoms with van der Waals surface area (Å²) in [6.07, 6.45) is 0. The first-order valence-electron chi connectivity index (χ1n) is 16.9. The molecule has 0 saturated carbocycles. The number of para-hydroxylation sites is 5. The number of anilines is 10. The van der Waals surface area contributed by atoms with Crippen LogP contribution in [0.4, 0.5) is 56.9 Å². The fourth-order valence-corrected chi connectivity index (χ4v) is 7.51. The van der Waals surface area contributed by atoms with Gasteiger partial charge in [-0.3, -0.25) is 0 Å². The van der Waals surface area contributed by atoms with Crippen molar-refractivity contribution >= 4 is 68.5 Å². The van der Waals surface area contributed by atoms with Gasteiger partial charge in [-0.25, -0.2) is 0 Å². The summed E-state index contributed by atoms with van der Waals surface area (Å²) >= 11 is 7.59. The second-order valence-electron chi connectivity index (χ2n) is 12.8. The van der Waals surface area contributed by atoms with E-state index in [2.05, 4.69) is 203 Å². The van der Waals surface area contributed by atoms with E-state index in [9.17, 15) is 0 Å². The quantitative estimate of drug-likeness (QED) is 0.160. The van der Waals surface area contributed by atoms with Gasteiger partial charge in [-0.2, -0.15) is 0 Å². The number of nitrogens with zero attached hydrogens (tertiary/aromatic N) is 4. The van der Waals surface area contributed by atoms with Crippen molar-refractivity contribution in [3.8, 4) is 0 Å². The van der Waals surface area contributed by atoms with Crippen LogP contribution in [0.5, 0.6) is 0 Å². The molecule has 1 aliphatic rings. The van der Waals surface area contributed by atoms with Crippen LogP contribution in [0.2, 0.25) is 5.02 Å². The van der Waals surface area contributed by atoms with Crippen molar-refractivity contribution in [1.82, 2.24) is 0 Å². The molecule has 1 heterocycles. The average Bonchev–Trinajstić information content (AvgIpc) is 3.40. The zero-order valence-corrected chi connectivity index (χ0v) is 28.8. The Hall–Kier alpha value is -5.97. The van der Waals surface area contributed by atoms with Crippen LogP contribution in [0.3, 0.4) is 0 Å². The molecule has 7 aromatic rings. The zero-order valence-electron chi connectivity index (χ0n) is 28.1. The third-order valence-electron chi connectivity index (χ3n) is 9.31. The number of halogens is 1. The van der Waals surface area contributed by atoms with Crippen LogP contribution < -0.4 is 19.6 Å². The van der Waals surface area contributed by atoms with Crippen molar-refractivity contribution in [2.24, 2.45) is 0 Å². The van der Waals surface area contributed by atoms with E-state index in [0.29, 0.717) is 5.02 Å². The SMILES string of the molecule is CC1(C)N(c2ccccc2)c2ccc(N(c3ccccc3)c3cccc(N(c4ccccc4)c4ccccc4)c3Cl)cc2N1c1ccccc1. The second kappa shape index (κ2) is 13.1. The number of hydrogen-bond acceptors (Lipinski definition) is 4. The second-order valence-corrected chi connectivity index (χ2v) is 13.2. The Morgan fingerprint density at radius 3 is 1.22 bits per heavy atom. The molecule has 0 fully saturated rings. The van der Waals surface area contributed by atoms with Gasteiger partial charge in [-0.1, -0.05) is 109 Å². The van der Waals surface area contributed by atoms with Gasteiger partial charge in [-0.05, 0) is 105 Å². The minimum absolute atomic E-state index is 0.398. The molecule has 0 radical (unpaired) electrons. The lowest BCUT2D eigenvalue weighted by molar-refractivity contribution is 0.540. The van der Waals surface area contributed by atoms with Crippen molar-refractivity contribution in [2.75, 3.05) is 19.6 Å². The largest absolute Gasteiger partial charge is 0.316 e. The third-order valence-corrected chi connectivity index (χ3v) is 9.69. The van der Waals surface area contributed by atoms with E-state index in [1.807, 2.05) is 18.2 Å². The van der Waals surface area contributed by atoms with Gasteiger partial charge < -0.3 is 19.6 Å². The molecule has 0 aliphatic carbocycles. The Bertz CT molecular complexity index is 2170. The topological polar surface area (TPSA) is 13.0 Å². The molecule has 50 heavy (non-hydrogen) atoms. The fraction of sp³-hybridized carbons (Fsp3) is 0.0667. The van der Waals surface area contributed by atoms with Crippen molar-refractivity contribution in [1.29, 1.82) is 0 Å². The summed E-state index contributed by atoms with van der Waals surface area (Å²) < 4.78 is 0. The van der Waals surface area contributed by atoms with Gasteiger partial charge >= 0.3 is 0 Å². The van der Waals surface area contributed by atoms with Crippen LogP contribution >= 0.6 is 11.6 Å². The molecule has 0 unspecified atom stereocenters. The molecule has 5 heteroatoms. The van der Waals surface area contributed by atoms with Crippen LogP contribution in [-0.2, 0) is 0 Å². The zero-order chi connectivity index (χ0) is 34.1. The highest BCUT2D eigenvalue weighted by atomic mass is 35.5. The molecule has 8 rings (SSSR count). The third kappa shape index (κ3) is 5.54. The molecule has 0 saturated heterocycles. The summed E-state index contributed by atoms with van der Waals surface area (Å²) in [7, 11) is 0. The van der Waals surface area contributed by atoms with Gasteiger partial charge in [0.25, 0.3) is 0 Å². The minimum Gasteiger partial charge on any atom is -0.316 e. The van der Waals surface area contributed by atoms with Gasteiger partial charge in [0.05, 0.1) is 27.8 Å². The monoisotopic (exact) mass is 668 g/mol. The van der Waals surface area contributed by atoms with E-state index in [4.69, 9.17) is 11.6 Å². The molecule has 0 amide bonds. The normalized spacial score (nSPS) is 13.2. The lowest BCUT2D eigenvalue weighted by Gasteiger charge is -2.40. The molecule has 1 aliphatic heterocycles. The molecule has 0 atom stereocenters. The Labute approximate surface area is 299 Å². The Morgan fingerprint density at radius 2 is 0.780 bits per heavy atom. The molecule has 0 bridgehead atoms. The van der Waals surface area contributed by atoms with Crippen molar-refractivity contribution < 1.29 is 0 Å². The Balaban J connectivity index is 1.33.